The Labute approximate surface area is 154 Å². The smallest absolute Gasteiger partial charge is 0.262 e. The number of para-hydroxylation sites is 1. The molecule has 1 aliphatic heterocycles. The number of rotatable bonds is 3. The van der Waals surface area contributed by atoms with E-state index in [1.54, 1.807) is 17.2 Å². The van der Waals surface area contributed by atoms with Gasteiger partial charge in [-0.3, -0.25) is 14.7 Å². The van der Waals surface area contributed by atoms with E-state index in [4.69, 9.17) is 0 Å². The Morgan fingerprint density at radius 1 is 1.08 bits per heavy atom. The average molecular weight is 394 g/mol. The summed E-state index contributed by atoms with van der Waals surface area (Å²) in [7, 11) is 0. The Morgan fingerprint density at radius 2 is 1.88 bits per heavy atom. The van der Waals surface area contributed by atoms with E-state index in [9.17, 15) is 4.79 Å². The molecule has 0 aliphatic carbocycles. The summed E-state index contributed by atoms with van der Waals surface area (Å²) in [5.41, 5.74) is 4.30. The van der Waals surface area contributed by atoms with E-state index in [0.29, 0.717) is 5.56 Å². The van der Waals surface area contributed by atoms with Gasteiger partial charge in [0.05, 0.1) is 11.3 Å². The van der Waals surface area contributed by atoms with Crippen molar-refractivity contribution in [2.45, 2.75) is 13.1 Å². The quantitative estimate of drug-likeness (QED) is 0.686. The van der Waals surface area contributed by atoms with Crippen LogP contribution in [0.1, 0.15) is 27.8 Å². The third-order valence-electron chi connectivity index (χ3n) is 4.30. The fourth-order valence-electron chi connectivity index (χ4n) is 3.07. The first-order valence-corrected chi connectivity index (χ1v) is 8.80. The van der Waals surface area contributed by atoms with Crippen molar-refractivity contribution < 1.29 is 4.79 Å². The summed E-state index contributed by atoms with van der Waals surface area (Å²) in [4.78, 5) is 19.2. The molecule has 4 rings (SSSR count). The van der Waals surface area contributed by atoms with Crippen LogP contribution in [0.2, 0.25) is 0 Å². The minimum Gasteiger partial charge on any atom is -0.360 e. The lowest BCUT2D eigenvalue weighted by Crippen LogP contribution is -2.32. The van der Waals surface area contributed by atoms with Gasteiger partial charge in [0.2, 0.25) is 0 Å². The fourth-order valence-corrected chi connectivity index (χ4v) is 3.31. The van der Waals surface area contributed by atoms with Crippen molar-refractivity contribution >= 4 is 33.2 Å². The van der Waals surface area contributed by atoms with E-state index in [2.05, 4.69) is 32.3 Å². The normalized spacial score (nSPS) is 16.0. The van der Waals surface area contributed by atoms with E-state index < -0.39 is 0 Å². The number of nitrogens with zero attached hydrogens (tertiary/aromatic N) is 2. The summed E-state index contributed by atoms with van der Waals surface area (Å²) in [5.74, 6) is -0.0411. The number of halogens is 1. The van der Waals surface area contributed by atoms with Gasteiger partial charge in [0.1, 0.15) is 0 Å². The standard InChI is InChI=1S/C20H16BrN3O/c1-13-12-14(9-10-17(13)21)23-19-18-16(8-5-11-22-18)20(25)24(19)15-6-3-2-4-7-15/h2-12,19,23H,1H3/t19-/m0/s1. The summed E-state index contributed by atoms with van der Waals surface area (Å²) >= 11 is 3.52. The second kappa shape index (κ2) is 6.33. The van der Waals surface area contributed by atoms with Crippen molar-refractivity contribution in [2.24, 2.45) is 0 Å². The number of anilines is 2. The molecule has 0 saturated heterocycles. The number of hydrogen-bond donors (Lipinski definition) is 1. The predicted octanol–water partition coefficient (Wildman–Crippen LogP) is 4.92. The second-order valence-corrected chi connectivity index (χ2v) is 6.81. The Hall–Kier alpha value is -2.66. The van der Waals surface area contributed by atoms with Crippen molar-refractivity contribution in [1.82, 2.24) is 4.98 Å². The van der Waals surface area contributed by atoms with Crippen molar-refractivity contribution in [3.63, 3.8) is 0 Å². The number of fused-ring (bicyclic) bond motifs is 1. The fraction of sp³-hybridized carbons (Fsp3) is 0.100. The van der Waals surface area contributed by atoms with Gasteiger partial charge in [-0.15, -0.1) is 0 Å². The Morgan fingerprint density at radius 3 is 2.64 bits per heavy atom. The van der Waals surface area contributed by atoms with Gasteiger partial charge in [-0.2, -0.15) is 0 Å². The zero-order valence-electron chi connectivity index (χ0n) is 13.6. The minimum absolute atomic E-state index is 0.0411. The molecule has 5 heteroatoms. The van der Waals surface area contributed by atoms with Gasteiger partial charge < -0.3 is 5.32 Å². The molecule has 1 aromatic heterocycles. The monoisotopic (exact) mass is 393 g/mol. The number of amides is 1. The SMILES string of the molecule is Cc1cc(N[C@@H]2c3ncccc3C(=O)N2c2ccccc2)ccc1Br. The van der Waals surface area contributed by atoms with Crippen LogP contribution in [0, 0.1) is 6.92 Å². The van der Waals surface area contributed by atoms with Gasteiger partial charge in [-0.25, -0.2) is 0 Å². The molecular formula is C20H16BrN3O. The summed E-state index contributed by atoms with van der Waals surface area (Å²) in [6.07, 6.45) is 1.38. The lowest BCUT2D eigenvalue weighted by atomic mass is 10.2. The molecule has 0 fully saturated rings. The highest BCUT2D eigenvalue weighted by atomic mass is 79.9. The number of pyridine rings is 1. The lowest BCUT2D eigenvalue weighted by molar-refractivity contribution is 0.0993. The number of aromatic nitrogens is 1. The number of hydrogen-bond acceptors (Lipinski definition) is 3. The number of nitrogens with one attached hydrogen (secondary N) is 1. The number of benzene rings is 2. The molecule has 0 bridgehead atoms. The first-order valence-electron chi connectivity index (χ1n) is 8.01. The zero-order valence-corrected chi connectivity index (χ0v) is 15.2. The molecule has 0 radical (unpaired) electrons. The van der Waals surface area contributed by atoms with Crippen molar-refractivity contribution in [3.05, 3.63) is 88.2 Å². The molecule has 25 heavy (non-hydrogen) atoms. The Balaban J connectivity index is 1.78. The molecule has 1 amide bonds. The molecule has 2 heterocycles. The summed E-state index contributed by atoms with van der Waals surface area (Å²) in [6, 6.07) is 19.3. The molecular weight excluding hydrogens is 378 g/mol. The molecule has 1 aliphatic rings. The van der Waals surface area contributed by atoms with Crippen LogP contribution in [-0.4, -0.2) is 10.9 Å². The van der Waals surface area contributed by atoms with E-state index in [1.165, 1.54) is 0 Å². The number of carbonyl (C=O) groups is 1. The van der Waals surface area contributed by atoms with E-state index in [0.717, 1.165) is 27.1 Å². The highest BCUT2D eigenvalue weighted by molar-refractivity contribution is 9.10. The van der Waals surface area contributed by atoms with Crippen LogP contribution in [0.15, 0.2) is 71.3 Å². The van der Waals surface area contributed by atoms with Crippen molar-refractivity contribution in [1.29, 1.82) is 0 Å². The molecule has 1 N–H and O–H groups in total. The molecule has 4 nitrogen and oxygen atoms in total. The first kappa shape index (κ1) is 15.8. The first-order chi connectivity index (χ1) is 12.1. The lowest BCUT2D eigenvalue weighted by Gasteiger charge is -2.26. The van der Waals surface area contributed by atoms with Crippen LogP contribution in [0.3, 0.4) is 0 Å². The van der Waals surface area contributed by atoms with Crippen LogP contribution in [0.25, 0.3) is 0 Å². The summed E-state index contributed by atoms with van der Waals surface area (Å²) < 4.78 is 1.05. The van der Waals surface area contributed by atoms with Gasteiger partial charge in [0, 0.05) is 22.0 Å². The largest absolute Gasteiger partial charge is 0.360 e. The molecule has 2 aromatic carbocycles. The average Bonchev–Trinajstić information content (AvgIpc) is 2.91. The second-order valence-electron chi connectivity index (χ2n) is 5.96. The maximum absolute atomic E-state index is 13.0. The number of carbonyl (C=O) groups excluding carboxylic acids is 1. The predicted molar refractivity (Wildman–Crippen MR) is 103 cm³/mol. The van der Waals surface area contributed by atoms with Gasteiger partial charge in [0.15, 0.2) is 6.17 Å². The third kappa shape index (κ3) is 2.81. The molecule has 0 unspecified atom stereocenters. The minimum atomic E-state index is -0.341. The molecule has 0 spiro atoms. The van der Waals surface area contributed by atoms with Gasteiger partial charge in [0.25, 0.3) is 5.91 Å². The van der Waals surface area contributed by atoms with Crippen LogP contribution < -0.4 is 10.2 Å². The van der Waals surface area contributed by atoms with Crippen LogP contribution in [-0.2, 0) is 0 Å². The Bertz CT molecular complexity index is 943. The van der Waals surface area contributed by atoms with Crippen molar-refractivity contribution in [2.75, 3.05) is 10.2 Å². The summed E-state index contributed by atoms with van der Waals surface area (Å²) in [6.45, 7) is 2.04. The van der Waals surface area contributed by atoms with Crippen LogP contribution >= 0.6 is 15.9 Å². The highest BCUT2D eigenvalue weighted by Crippen LogP contribution is 2.37. The summed E-state index contributed by atoms with van der Waals surface area (Å²) in [5, 5.41) is 3.47. The number of aryl methyl sites for hydroxylation is 1. The van der Waals surface area contributed by atoms with Gasteiger partial charge in [-0.05, 0) is 55.0 Å². The highest BCUT2D eigenvalue weighted by Gasteiger charge is 2.38. The van der Waals surface area contributed by atoms with Crippen LogP contribution in [0.5, 0.6) is 0 Å². The van der Waals surface area contributed by atoms with E-state index >= 15 is 0 Å². The molecule has 124 valence electrons. The topological polar surface area (TPSA) is 45.2 Å². The molecule has 3 aromatic rings. The van der Waals surface area contributed by atoms with Crippen LogP contribution in [0.4, 0.5) is 11.4 Å². The molecule has 0 saturated carbocycles. The van der Waals surface area contributed by atoms with E-state index in [1.807, 2.05) is 55.5 Å². The van der Waals surface area contributed by atoms with Gasteiger partial charge in [-0.1, -0.05) is 34.1 Å². The third-order valence-corrected chi connectivity index (χ3v) is 5.19. The zero-order chi connectivity index (χ0) is 17.4. The van der Waals surface area contributed by atoms with Gasteiger partial charge >= 0.3 is 0 Å². The van der Waals surface area contributed by atoms with E-state index in [-0.39, 0.29) is 12.1 Å². The maximum Gasteiger partial charge on any atom is 0.262 e. The maximum atomic E-state index is 13.0. The molecule has 1 atom stereocenters. The van der Waals surface area contributed by atoms with Crippen molar-refractivity contribution in [3.8, 4) is 0 Å². The Kier molecular flexibility index (Phi) is 4.01.